The summed E-state index contributed by atoms with van der Waals surface area (Å²) in [5, 5.41) is 15.1. The molecule has 4 nitrogen and oxygen atoms in total. The second kappa shape index (κ2) is 11.3. The number of benzene rings is 2. The molecule has 144 valence electrons. The fraction of sp³-hybridized carbons (Fsp3) is 0.263. The molecule has 0 fully saturated rings. The van der Waals surface area contributed by atoms with Crippen molar-refractivity contribution in [1.82, 2.24) is 10.6 Å². The lowest BCUT2D eigenvalue weighted by atomic mass is 10.1. The van der Waals surface area contributed by atoms with E-state index < -0.39 is 0 Å². The van der Waals surface area contributed by atoms with Gasteiger partial charge in [0.25, 0.3) is 0 Å². The van der Waals surface area contributed by atoms with Crippen LogP contribution in [0.5, 0.6) is 0 Å². The zero-order valence-corrected chi connectivity index (χ0v) is 18.0. The maximum Gasteiger partial charge on any atom is 0.171 e. The topological polar surface area (TPSA) is 48.1 Å². The normalized spacial score (nSPS) is 11.4. The van der Waals surface area contributed by atoms with Crippen LogP contribution < -0.4 is 21.3 Å². The minimum Gasteiger partial charge on any atom is -0.362 e. The van der Waals surface area contributed by atoms with E-state index in [0.717, 1.165) is 24.2 Å². The van der Waals surface area contributed by atoms with E-state index >= 15 is 0 Å². The molecule has 0 aliphatic rings. The van der Waals surface area contributed by atoms with Crippen molar-refractivity contribution in [3.8, 4) is 0 Å². The Labute approximate surface area is 181 Å². The van der Waals surface area contributed by atoms with E-state index in [-0.39, 0.29) is 6.04 Å². The van der Waals surface area contributed by atoms with E-state index in [1.165, 1.54) is 0 Å². The third-order valence-corrected chi connectivity index (χ3v) is 4.98. The number of halogens is 2. The summed E-state index contributed by atoms with van der Waals surface area (Å²) in [6.07, 6.45) is 1.78. The van der Waals surface area contributed by atoms with Gasteiger partial charge < -0.3 is 21.3 Å². The quantitative estimate of drug-likeness (QED) is 0.430. The Balaban J connectivity index is 1.74. The van der Waals surface area contributed by atoms with Crippen LogP contribution in [0.2, 0.25) is 10.0 Å². The van der Waals surface area contributed by atoms with Crippen LogP contribution >= 0.6 is 47.6 Å². The SMILES string of the molecule is CC[C@@H](CCNC(=S)Nc1ccccc1Cl)NC(=S)Nc1ccccc1Cl. The van der Waals surface area contributed by atoms with Crippen LogP contribution in [0, 0.1) is 0 Å². The second-order valence-electron chi connectivity index (χ2n) is 5.83. The van der Waals surface area contributed by atoms with Crippen LogP contribution in [0.25, 0.3) is 0 Å². The number of hydrogen-bond donors (Lipinski definition) is 4. The van der Waals surface area contributed by atoms with Crippen molar-refractivity contribution in [3.63, 3.8) is 0 Å². The van der Waals surface area contributed by atoms with Crippen LogP contribution in [0.1, 0.15) is 19.8 Å². The fourth-order valence-electron chi connectivity index (χ4n) is 2.37. The summed E-state index contributed by atoms with van der Waals surface area (Å²) in [5.74, 6) is 0. The minimum atomic E-state index is 0.211. The van der Waals surface area contributed by atoms with Gasteiger partial charge in [0, 0.05) is 12.6 Å². The first-order valence-electron chi connectivity index (χ1n) is 8.61. The van der Waals surface area contributed by atoms with Gasteiger partial charge in [-0.1, -0.05) is 54.4 Å². The highest BCUT2D eigenvalue weighted by atomic mass is 35.5. The molecule has 4 N–H and O–H groups in total. The third kappa shape index (κ3) is 7.50. The highest BCUT2D eigenvalue weighted by Gasteiger charge is 2.09. The van der Waals surface area contributed by atoms with Gasteiger partial charge in [0.15, 0.2) is 10.2 Å². The van der Waals surface area contributed by atoms with Gasteiger partial charge in [-0.15, -0.1) is 0 Å². The Morgan fingerprint density at radius 3 is 1.93 bits per heavy atom. The zero-order chi connectivity index (χ0) is 19.6. The summed E-state index contributed by atoms with van der Waals surface area (Å²) in [6.45, 7) is 2.81. The molecule has 0 bridgehead atoms. The van der Waals surface area contributed by atoms with E-state index in [4.69, 9.17) is 47.6 Å². The van der Waals surface area contributed by atoms with E-state index in [0.29, 0.717) is 26.8 Å². The summed E-state index contributed by atoms with van der Waals surface area (Å²) in [7, 11) is 0. The van der Waals surface area contributed by atoms with Gasteiger partial charge in [0.2, 0.25) is 0 Å². The van der Waals surface area contributed by atoms with Crippen LogP contribution in [-0.4, -0.2) is 22.8 Å². The Kier molecular flexibility index (Phi) is 9.07. The van der Waals surface area contributed by atoms with Gasteiger partial charge in [0.05, 0.1) is 21.4 Å². The number of hydrogen-bond acceptors (Lipinski definition) is 2. The summed E-state index contributed by atoms with van der Waals surface area (Å²) in [6, 6.07) is 15.2. The van der Waals surface area contributed by atoms with Crippen molar-refractivity contribution in [2.45, 2.75) is 25.8 Å². The van der Waals surface area contributed by atoms with Gasteiger partial charge in [-0.2, -0.15) is 0 Å². The molecule has 0 aliphatic carbocycles. The smallest absolute Gasteiger partial charge is 0.171 e. The van der Waals surface area contributed by atoms with Crippen LogP contribution in [0.15, 0.2) is 48.5 Å². The molecule has 8 heteroatoms. The third-order valence-electron chi connectivity index (χ3n) is 3.85. The van der Waals surface area contributed by atoms with Crippen molar-refractivity contribution >= 4 is 69.2 Å². The standard InChI is InChI=1S/C19H22Cl2N4S2/c1-2-13(23-19(27)25-17-10-6-4-8-15(17)21)11-12-22-18(26)24-16-9-5-3-7-14(16)20/h3-10,13H,2,11-12H2,1H3,(H2,22,24,26)(H2,23,25,27)/t13-/m0/s1. The Morgan fingerprint density at radius 2 is 1.41 bits per heavy atom. The molecule has 0 saturated carbocycles. The molecule has 0 saturated heterocycles. The zero-order valence-electron chi connectivity index (χ0n) is 14.9. The molecule has 0 spiro atoms. The van der Waals surface area contributed by atoms with Crippen LogP contribution in [-0.2, 0) is 0 Å². The van der Waals surface area contributed by atoms with E-state index in [2.05, 4.69) is 28.2 Å². The molecule has 0 heterocycles. The Hall–Kier alpha value is -1.60. The summed E-state index contributed by atoms with van der Waals surface area (Å²) < 4.78 is 0. The first-order valence-corrected chi connectivity index (χ1v) is 10.2. The van der Waals surface area contributed by atoms with Crippen LogP contribution in [0.3, 0.4) is 0 Å². The lowest BCUT2D eigenvalue weighted by Crippen LogP contribution is -2.40. The van der Waals surface area contributed by atoms with Crippen molar-refractivity contribution in [1.29, 1.82) is 0 Å². The van der Waals surface area contributed by atoms with Crippen molar-refractivity contribution in [2.24, 2.45) is 0 Å². The largest absolute Gasteiger partial charge is 0.362 e. The van der Waals surface area contributed by atoms with Crippen molar-refractivity contribution in [3.05, 3.63) is 58.6 Å². The lowest BCUT2D eigenvalue weighted by molar-refractivity contribution is 0.542. The van der Waals surface area contributed by atoms with Gasteiger partial charge in [-0.25, -0.2) is 0 Å². The molecule has 2 aromatic rings. The Morgan fingerprint density at radius 1 is 0.889 bits per heavy atom. The fourth-order valence-corrected chi connectivity index (χ4v) is 3.23. The molecule has 2 aromatic carbocycles. The molecule has 1 atom stereocenters. The monoisotopic (exact) mass is 440 g/mol. The first kappa shape index (κ1) is 21.7. The average Bonchev–Trinajstić information content (AvgIpc) is 2.64. The predicted octanol–water partition coefficient (Wildman–Crippen LogP) is 5.44. The minimum absolute atomic E-state index is 0.211. The highest BCUT2D eigenvalue weighted by molar-refractivity contribution is 7.80. The molecule has 27 heavy (non-hydrogen) atoms. The number of nitrogens with one attached hydrogen (secondary N) is 4. The molecule has 0 amide bonds. The van der Waals surface area contributed by atoms with Gasteiger partial charge >= 0.3 is 0 Å². The van der Waals surface area contributed by atoms with Gasteiger partial charge in [-0.3, -0.25) is 0 Å². The van der Waals surface area contributed by atoms with Gasteiger partial charge in [-0.05, 0) is 61.5 Å². The van der Waals surface area contributed by atoms with E-state index in [9.17, 15) is 0 Å². The summed E-state index contributed by atoms with van der Waals surface area (Å²) in [4.78, 5) is 0. The maximum atomic E-state index is 6.14. The summed E-state index contributed by atoms with van der Waals surface area (Å²) >= 11 is 23.0. The average molecular weight is 441 g/mol. The molecular weight excluding hydrogens is 419 g/mol. The van der Waals surface area contributed by atoms with E-state index in [1.54, 1.807) is 0 Å². The summed E-state index contributed by atoms with van der Waals surface area (Å²) in [5.41, 5.74) is 1.57. The highest BCUT2D eigenvalue weighted by Crippen LogP contribution is 2.21. The number of para-hydroxylation sites is 2. The lowest BCUT2D eigenvalue weighted by Gasteiger charge is -2.20. The van der Waals surface area contributed by atoms with Gasteiger partial charge in [0.1, 0.15) is 0 Å². The molecule has 0 radical (unpaired) electrons. The van der Waals surface area contributed by atoms with Crippen molar-refractivity contribution < 1.29 is 0 Å². The number of anilines is 2. The Bertz CT molecular complexity index is 786. The number of rotatable bonds is 7. The predicted molar refractivity (Wildman–Crippen MR) is 125 cm³/mol. The second-order valence-corrected chi connectivity index (χ2v) is 7.46. The molecular formula is C19H22Cl2N4S2. The number of thiocarbonyl (C=S) groups is 2. The molecule has 0 unspecified atom stereocenters. The van der Waals surface area contributed by atoms with E-state index in [1.807, 2.05) is 48.5 Å². The van der Waals surface area contributed by atoms with Crippen LogP contribution in [0.4, 0.5) is 11.4 Å². The first-order chi connectivity index (χ1) is 13.0. The molecule has 0 aromatic heterocycles. The molecule has 2 rings (SSSR count). The molecule has 0 aliphatic heterocycles. The van der Waals surface area contributed by atoms with Crippen molar-refractivity contribution in [2.75, 3.05) is 17.2 Å². The maximum absolute atomic E-state index is 6.14.